The first-order chi connectivity index (χ1) is 15.1. The van der Waals surface area contributed by atoms with Crippen molar-refractivity contribution >= 4 is 32.8 Å². The molecule has 0 bridgehead atoms. The van der Waals surface area contributed by atoms with E-state index in [1.807, 2.05) is 30.5 Å². The first-order valence-corrected chi connectivity index (χ1v) is 11.0. The largest absolute Gasteiger partial charge is 0.493 e. The molecule has 0 aliphatic rings. The van der Waals surface area contributed by atoms with Crippen molar-refractivity contribution in [3.05, 3.63) is 84.1 Å². The van der Waals surface area contributed by atoms with E-state index in [9.17, 15) is 0 Å². The molecule has 0 spiro atoms. The summed E-state index contributed by atoms with van der Waals surface area (Å²) in [4.78, 5) is 4.61. The van der Waals surface area contributed by atoms with Gasteiger partial charge in [-0.1, -0.05) is 51.1 Å². The molecule has 3 heteroatoms. The topological polar surface area (TPSA) is 35.3 Å². The van der Waals surface area contributed by atoms with Crippen LogP contribution < -0.4 is 4.74 Å². The molecule has 0 N–H and O–H groups in total. The second-order valence-corrected chi connectivity index (χ2v) is 8.67. The van der Waals surface area contributed by atoms with Gasteiger partial charge in [-0.2, -0.15) is 0 Å². The minimum atomic E-state index is 0.379. The van der Waals surface area contributed by atoms with Gasteiger partial charge in [-0.15, -0.1) is 0 Å². The van der Waals surface area contributed by atoms with Gasteiger partial charge in [0.1, 0.15) is 16.9 Å². The van der Waals surface area contributed by atoms with E-state index < -0.39 is 0 Å². The highest BCUT2D eigenvalue weighted by Crippen LogP contribution is 2.31. The number of ether oxygens (including phenoxy) is 1. The van der Waals surface area contributed by atoms with Gasteiger partial charge >= 0.3 is 0 Å². The van der Waals surface area contributed by atoms with Crippen LogP contribution >= 0.6 is 0 Å². The van der Waals surface area contributed by atoms with Crippen LogP contribution in [0.1, 0.15) is 50.2 Å². The van der Waals surface area contributed by atoms with Crippen molar-refractivity contribution in [2.75, 3.05) is 6.61 Å². The maximum Gasteiger partial charge on any atom is 0.135 e. The van der Waals surface area contributed by atoms with Crippen molar-refractivity contribution in [1.29, 1.82) is 0 Å². The highest BCUT2D eigenvalue weighted by atomic mass is 16.5. The number of hydrogen-bond donors (Lipinski definition) is 0. The average Bonchev–Trinajstić information content (AvgIpc) is 3.16. The number of fused-ring (bicyclic) bond motifs is 4. The van der Waals surface area contributed by atoms with Crippen LogP contribution in [0, 0.1) is 0 Å². The third-order valence-electron chi connectivity index (χ3n) is 6.13. The molecule has 0 radical (unpaired) electrons. The Bertz CT molecular complexity index is 1370. The van der Waals surface area contributed by atoms with Gasteiger partial charge in [-0.05, 0) is 59.7 Å². The zero-order chi connectivity index (χ0) is 21.4. The minimum Gasteiger partial charge on any atom is -0.493 e. The molecular weight excluding hydrogens is 382 g/mol. The van der Waals surface area contributed by atoms with E-state index in [0.717, 1.165) is 34.2 Å². The van der Waals surface area contributed by atoms with E-state index in [4.69, 9.17) is 9.15 Å². The van der Waals surface area contributed by atoms with Crippen LogP contribution in [0.2, 0.25) is 0 Å². The molecule has 156 valence electrons. The molecular formula is C28H27NO2. The van der Waals surface area contributed by atoms with Crippen LogP contribution in [0.15, 0.2) is 77.3 Å². The SMILES string of the molecule is CC(C)c1cnc2cc(OCCC(C)c3ccc4c(c3)oc3ccccc34)ccc2c1. The number of aromatic nitrogens is 1. The molecule has 3 nitrogen and oxygen atoms in total. The molecule has 0 saturated carbocycles. The Morgan fingerprint density at radius 3 is 2.55 bits per heavy atom. The van der Waals surface area contributed by atoms with Gasteiger partial charge < -0.3 is 9.15 Å². The lowest BCUT2D eigenvalue weighted by atomic mass is 9.97. The summed E-state index contributed by atoms with van der Waals surface area (Å²) < 4.78 is 12.1. The molecule has 5 rings (SSSR count). The van der Waals surface area contributed by atoms with Crippen LogP contribution in [-0.2, 0) is 0 Å². The van der Waals surface area contributed by atoms with Crippen molar-refractivity contribution in [2.24, 2.45) is 0 Å². The monoisotopic (exact) mass is 409 g/mol. The van der Waals surface area contributed by atoms with Gasteiger partial charge in [-0.25, -0.2) is 0 Å². The molecule has 3 aromatic carbocycles. The van der Waals surface area contributed by atoms with Crippen molar-refractivity contribution < 1.29 is 9.15 Å². The molecule has 0 amide bonds. The smallest absolute Gasteiger partial charge is 0.135 e. The molecule has 2 heterocycles. The summed E-state index contributed by atoms with van der Waals surface area (Å²) in [5.41, 5.74) is 5.40. The summed E-state index contributed by atoms with van der Waals surface area (Å²) in [6, 6.07) is 23.1. The van der Waals surface area contributed by atoms with Gasteiger partial charge in [0.2, 0.25) is 0 Å². The molecule has 0 fully saturated rings. The fourth-order valence-corrected chi connectivity index (χ4v) is 4.09. The molecule has 2 aromatic heterocycles. The molecule has 1 atom stereocenters. The first-order valence-electron chi connectivity index (χ1n) is 11.0. The van der Waals surface area contributed by atoms with Crippen LogP contribution in [0.25, 0.3) is 32.8 Å². The number of para-hydroxylation sites is 1. The Hall–Kier alpha value is -3.33. The minimum absolute atomic E-state index is 0.379. The van der Waals surface area contributed by atoms with Crippen molar-refractivity contribution in [3.8, 4) is 5.75 Å². The van der Waals surface area contributed by atoms with Crippen molar-refractivity contribution in [2.45, 2.75) is 39.0 Å². The Kier molecular flexibility index (Phi) is 5.11. The summed E-state index contributed by atoms with van der Waals surface area (Å²) in [6.07, 6.45) is 2.90. The Morgan fingerprint density at radius 1 is 0.839 bits per heavy atom. The number of pyridine rings is 1. The highest BCUT2D eigenvalue weighted by Gasteiger charge is 2.11. The lowest BCUT2D eigenvalue weighted by Crippen LogP contribution is -2.03. The zero-order valence-corrected chi connectivity index (χ0v) is 18.3. The van der Waals surface area contributed by atoms with Gasteiger partial charge in [0.15, 0.2) is 0 Å². The van der Waals surface area contributed by atoms with E-state index in [0.29, 0.717) is 18.4 Å². The second-order valence-electron chi connectivity index (χ2n) is 8.67. The van der Waals surface area contributed by atoms with E-state index in [1.165, 1.54) is 21.9 Å². The number of rotatable bonds is 6. The summed E-state index contributed by atoms with van der Waals surface area (Å²) >= 11 is 0. The van der Waals surface area contributed by atoms with Gasteiger partial charge in [0.25, 0.3) is 0 Å². The van der Waals surface area contributed by atoms with Gasteiger partial charge in [0, 0.05) is 28.4 Å². The molecule has 1 unspecified atom stereocenters. The number of benzene rings is 3. The zero-order valence-electron chi connectivity index (χ0n) is 18.3. The second kappa shape index (κ2) is 8.07. The molecule has 0 aliphatic carbocycles. The Labute approximate surface area is 182 Å². The fourth-order valence-electron chi connectivity index (χ4n) is 4.09. The molecule has 0 saturated heterocycles. The van der Waals surface area contributed by atoms with Crippen molar-refractivity contribution in [1.82, 2.24) is 4.98 Å². The van der Waals surface area contributed by atoms with Crippen LogP contribution in [-0.4, -0.2) is 11.6 Å². The summed E-state index contributed by atoms with van der Waals surface area (Å²) in [7, 11) is 0. The molecule has 31 heavy (non-hydrogen) atoms. The Morgan fingerprint density at radius 2 is 1.68 bits per heavy atom. The summed E-state index contributed by atoms with van der Waals surface area (Å²) in [5.74, 6) is 1.73. The number of hydrogen-bond acceptors (Lipinski definition) is 3. The highest BCUT2D eigenvalue weighted by molar-refractivity contribution is 6.04. The molecule has 5 aromatic rings. The predicted molar refractivity (Wildman–Crippen MR) is 128 cm³/mol. The van der Waals surface area contributed by atoms with Crippen molar-refractivity contribution in [3.63, 3.8) is 0 Å². The average molecular weight is 410 g/mol. The van der Waals surface area contributed by atoms with Crippen LogP contribution in [0.5, 0.6) is 5.75 Å². The normalized spacial score (nSPS) is 12.8. The van der Waals surface area contributed by atoms with E-state index in [1.54, 1.807) is 0 Å². The van der Waals surface area contributed by atoms with E-state index in [2.05, 4.69) is 68.2 Å². The molecule has 0 aliphatic heterocycles. The lowest BCUT2D eigenvalue weighted by Gasteiger charge is -2.13. The van der Waals surface area contributed by atoms with E-state index >= 15 is 0 Å². The maximum absolute atomic E-state index is 6.06. The van der Waals surface area contributed by atoms with Gasteiger partial charge in [0.05, 0.1) is 12.1 Å². The number of nitrogens with zero attached hydrogens (tertiary/aromatic N) is 1. The van der Waals surface area contributed by atoms with Gasteiger partial charge in [-0.3, -0.25) is 4.98 Å². The van der Waals surface area contributed by atoms with Crippen LogP contribution in [0.4, 0.5) is 0 Å². The number of furan rings is 1. The first kappa shape index (κ1) is 19.6. The third-order valence-corrected chi connectivity index (χ3v) is 6.13. The quantitative estimate of drug-likeness (QED) is 0.287. The fraction of sp³-hybridized carbons (Fsp3) is 0.250. The van der Waals surface area contributed by atoms with Crippen LogP contribution in [0.3, 0.4) is 0 Å². The van der Waals surface area contributed by atoms with E-state index in [-0.39, 0.29) is 0 Å². The Balaban J connectivity index is 1.26. The standard InChI is InChI=1S/C28H27NO2/c1-18(2)22-14-21-8-10-23(16-26(21)29-17-22)30-13-12-19(3)20-9-11-25-24-6-4-5-7-27(24)31-28(25)15-20/h4-11,14-19H,12-13H2,1-3H3. The summed E-state index contributed by atoms with van der Waals surface area (Å²) in [5, 5.41) is 3.50. The summed E-state index contributed by atoms with van der Waals surface area (Å²) in [6.45, 7) is 7.28. The lowest BCUT2D eigenvalue weighted by molar-refractivity contribution is 0.301. The third kappa shape index (κ3) is 3.88. The predicted octanol–water partition coefficient (Wildman–Crippen LogP) is 7.83. The maximum atomic E-state index is 6.06.